The quantitative estimate of drug-likeness (QED) is 0.500. The predicted octanol–water partition coefficient (Wildman–Crippen LogP) is 3.35. The minimum atomic E-state index is -1.52. The van der Waals surface area contributed by atoms with Gasteiger partial charge >= 0.3 is 6.01 Å². The van der Waals surface area contributed by atoms with Crippen molar-refractivity contribution >= 4 is 11.8 Å². The number of carbonyl (C=O) groups is 2. The van der Waals surface area contributed by atoms with Crippen LogP contribution in [0.4, 0.5) is 8.78 Å². The number of nitrogens with zero attached hydrogens (tertiary/aromatic N) is 4. The number of piperidine rings is 1. The standard InChI is InChI=1S/C26H27F2N5O4/c1-15(2)22(32-24(35)19-5-6-20(27)21(28)23(19)34)25(36)33-10-7-18(8-11-33)37-26-30-13-17(14-31-26)16-4-3-9-29-12-16/h3-6,9,12-15,18,22,34H,7-8,10-11H2,1-2H3,(H,32,35)/t22-/m0/s1. The molecule has 0 saturated carbocycles. The number of aromatic hydroxyl groups is 1. The molecule has 37 heavy (non-hydrogen) atoms. The van der Waals surface area contributed by atoms with Crippen LogP contribution < -0.4 is 10.1 Å². The number of benzene rings is 1. The van der Waals surface area contributed by atoms with Gasteiger partial charge in [-0.25, -0.2) is 14.4 Å². The maximum atomic E-state index is 13.7. The smallest absolute Gasteiger partial charge is 0.316 e. The van der Waals surface area contributed by atoms with E-state index < -0.39 is 34.9 Å². The van der Waals surface area contributed by atoms with Crippen LogP contribution in [0.3, 0.4) is 0 Å². The van der Waals surface area contributed by atoms with E-state index in [2.05, 4.69) is 20.3 Å². The zero-order chi connectivity index (χ0) is 26.5. The highest BCUT2D eigenvalue weighted by Gasteiger charge is 2.33. The molecular formula is C26H27F2N5O4. The third-order valence-corrected chi connectivity index (χ3v) is 6.18. The Balaban J connectivity index is 1.33. The molecule has 1 aliphatic rings. The molecule has 2 aromatic heterocycles. The van der Waals surface area contributed by atoms with E-state index in [1.807, 2.05) is 12.1 Å². The number of phenolic OH excluding ortho intramolecular Hbond substituents is 1. The van der Waals surface area contributed by atoms with Crippen LogP contribution >= 0.6 is 0 Å². The number of hydrogen-bond donors (Lipinski definition) is 2. The number of hydrogen-bond acceptors (Lipinski definition) is 7. The number of pyridine rings is 1. The van der Waals surface area contributed by atoms with Crippen LogP contribution in [0.15, 0.2) is 49.1 Å². The molecule has 11 heteroatoms. The number of amides is 2. The zero-order valence-corrected chi connectivity index (χ0v) is 20.4. The van der Waals surface area contributed by atoms with Gasteiger partial charge in [0.2, 0.25) is 11.7 Å². The molecular weight excluding hydrogens is 484 g/mol. The molecule has 0 aliphatic carbocycles. The summed E-state index contributed by atoms with van der Waals surface area (Å²) in [5, 5.41) is 12.4. The topological polar surface area (TPSA) is 118 Å². The fraction of sp³-hybridized carbons (Fsp3) is 0.346. The van der Waals surface area contributed by atoms with Crippen LogP contribution in [0.1, 0.15) is 37.0 Å². The number of nitrogens with one attached hydrogen (secondary N) is 1. The normalized spacial score (nSPS) is 14.9. The Kier molecular flexibility index (Phi) is 7.90. The summed E-state index contributed by atoms with van der Waals surface area (Å²) in [5.41, 5.74) is 1.27. The minimum Gasteiger partial charge on any atom is -0.504 e. The summed E-state index contributed by atoms with van der Waals surface area (Å²) in [7, 11) is 0. The number of carbonyl (C=O) groups excluding carboxylic acids is 2. The highest BCUT2D eigenvalue weighted by Crippen LogP contribution is 2.24. The Morgan fingerprint density at radius 1 is 1.08 bits per heavy atom. The van der Waals surface area contributed by atoms with Crippen molar-refractivity contribution in [3.05, 3.63) is 66.3 Å². The largest absolute Gasteiger partial charge is 0.504 e. The SMILES string of the molecule is CC(C)[C@H](NC(=O)c1ccc(F)c(F)c1O)C(=O)N1CCC(Oc2ncc(-c3cccnc3)cn2)CC1. The van der Waals surface area contributed by atoms with Gasteiger partial charge in [0.25, 0.3) is 5.91 Å². The Hall–Kier alpha value is -4.15. The van der Waals surface area contributed by atoms with Gasteiger partial charge in [0, 0.05) is 61.8 Å². The number of aromatic nitrogens is 3. The van der Waals surface area contributed by atoms with E-state index in [0.29, 0.717) is 25.9 Å². The summed E-state index contributed by atoms with van der Waals surface area (Å²) < 4.78 is 32.9. The number of rotatable bonds is 7. The van der Waals surface area contributed by atoms with Crippen molar-refractivity contribution in [3.63, 3.8) is 0 Å². The Morgan fingerprint density at radius 2 is 1.78 bits per heavy atom. The van der Waals surface area contributed by atoms with E-state index in [1.54, 1.807) is 43.5 Å². The Bertz CT molecular complexity index is 1250. The molecule has 0 spiro atoms. The lowest BCUT2D eigenvalue weighted by Crippen LogP contribution is -2.53. The van der Waals surface area contributed by atoms with Crippen LogP contribution in [0.5, 0.6) is 11.8 Å². The first-order chi connectivity index (χ1) is 17.7. The van der Waals surface area contributed by atoms with Crippen molar-refractivity contribution < 1.29 is 28.2 Å². The molecule has 0 bridgehead atoms. The number of phenols is 1. The Morgan fingerprint density at radius 3 is 2.41 bits per heavy atom. The fourth-order valence-electron chi connectivity index (χ4n) is 4.06. The van der Waals surface area contributed by atoms with Gasteiger partial charge in [0.15, 0.2) is 11.6 Å². The average molecular weight is 512 g/mol. The van der Waals surface area contributed by atoms with Crippen molar-refractivity contribution in [1.82, 2.24) is 25.2 Å². The molecule has 0 unspecified atom stereocenters. The summed E-state index contributed by atoms with van der Waals surface area (Å²) >= 11 is 0. The minimum absolute atomic E-state index is 0.181. The molecule has 1 fully saturated rings. The first-order valence-corrected chi connectivity index (χ1v) is 11.9. The summed E-state index contributed by atoms with van der Waals surface area (Å²) in [6, 6.07) is 4.79. The van der Waals surface area contributed by atoms with Crippen LogP contribution in [0.25, 0.3) is 11.1 Å². The van der Waals surface area contributed by atoms with E-state index in [0.717, 1.165) is 23.3 Å². The second-order valence-electron chi connectivity index (χ2n) is 9.09. The van der Waals surface area contributed by atoms with Crippen molar-refractivity contribution in [2.75, 3.05) is 13.1 Å². The molecule has 2 N–H and O–H groups in total. The molecule has 0 radical (unpaired) electrons. The van der Waals surface area contributed by atoms with Crippen molar-refractivity contribution in [2.45, 2.75) is 38.8 Å². The van der Waals surface area contributed by atoms with Gasteiger partial charge in [-0.05, 0) is 24.1 Å². The zero-order valence-electron chi connectivity index (χ0n) is 20.4. The third kappa shape index (κ3) is 5.99. The van der Waals surface area contributed by atoms with E-state index >= 15 is 0 Å². The molecule has 1 atom stereocenters. The van der Waals surface area contributed by atoms with E-state index in [-0.39, 0.29) is 23.9 Å². The van der Waals surface area contributed by atoms with Crippen LogP contribution in [-0.4, -0.2) is 62.0 Å². The predicted molar refractivity (Wildman–Crippen MR) is 130 cm³/mol. The maximum absolute atomic E-state index is 13.7. The monoisotopic (exact) mass is 511 g/mol. The molecule has 1 saturated heterocycles. The first kappa shape index (κ1) is 25.9. The van der Waals surface area contributed by atoms with E-state index in [9.17, 15) is 23.5 Å². The molecule has 1 aromatic carbocycles. The molecule has 2 amide bonds. The summed E-state index contributed by atoms with van der Waals surface area (Å²) in [5.74, 6) is -5.34. The number of ether oxygens (including phenoxy) is 1. The summed E-state index contributed by atoms with van der Waals surface area (Å²) in [6.07, 6.45) is 7.65. The highest BCUT2D eigenvalue weighted by molar-refractivity contribution is 5.99. The number of halogens is 2. The van der Waals surface area contributed by atoms with Gasteiger partial charge in [0.1, 0.15) is 12.1 Å². The Labute approximate surface area is 212 Å². The second kappa shape index (κ2) is 11.3. The lowest BCUT2D eigenvalue weighted by atomic mass is 9.99. The van der Waals surface area contributed by atoms with Gasteiger partial charge in [-0.15, -0.1) is 0 Å². The van der Waals surface area contributed by atoms with Crippen molar-refractivity contribution in [1.29, 1.82) is 0 Å². The molecule has 1 aliphatic heterocycles. The van der Waals surface area contributed by atoms with Gasteiger partial charge in [-0.1, -0.05) is 19.9 Å². The number of likely N-dealkylation sites (tertiary alicyclic amines) is 1. The maximum Gasteiger partial charge on any atom is 0.316 e. The third-order valence-electron chi connectivity index (χ3n) is 6.18. The average Bonchev–Trinajstić information content (AvgIpc) is 2.91. The van der Waals surface area contributed by atoms with Gasteiger partial charge in [-0.3, -0.25) is 14.6 Å². The molecule has 3 heterocycles. The lowest BCUT2D eigenvalue weighted by molar-refractivity contribution is -0.136. The van der Waals surface area contributed by atoms with Gasteiger partial charge < -0.3 is 20.1 Å². The molecule has 4 rings (SSSR count). The highest BCUT2D eigenvalue weighted by atomic mass is 19.2. The first-order valence-electron chi connectivity index (χ1n) is 11.9. The molecule has 194 valence electrons. The second-order valence-corrected chi connectivity index (χ2v) is 9.09. The van der Waals surface area contributed by atoms with Crippen molar-refractivity contribution in [2.24, 2.45) is 5.92 Å². The summed E-state index contributed by atoms with van der Waals surface area (Å²) in [6.45, 7) is 4.31. The summed E-state index contributed by atoms with van der Waals surface area (Å²) in [4.78, 5) is 40.1. The molecule has 9 nitrogen and oxygen atoms in total. The lowest BCUT2D eigenvalue weighted by Gasteiger charge is -2.35. The van der Waals surface area contributed by atoms with Crippen molar-refractivity contribution in [3.8, 4) is 22.9 Å². The van der Waals surface area contributed by atoms with Crippen LogP contribution in [0, 0.1) is 17.6 Å². The van der Waals surface area contributed by atoms with Crippen LogP contribution in [-0.2, 0) is 4.79 Å². The van der Waals surface area contributed by atoms with E-state index in [1.165, 1.54) is 0 Å². The van der Waals surface area contributed by atoms with Crippen LogP contribution in [0.2, 0.25) is 0 Å². The van der Waals surface area contributed by atoms with E-state index in [4.69, 9.17) is 4.74 Å². The van der Waals surface area contributed by atoms with Gasteiger partial charge in [-0.2, -0.15) is 4.39 Å². The fourth-order valence-corrected chi connectivity index (χ4v) is 4.06. The van der Waals surface area contributed by atoms with Gasteiger partial charge in [0.05, 0.1) is 5.56 Å². The molecule has 3 aromatic rings.